The first-order chi connectivity index (χ1) is 18.5. The lowest BCUT2D eigenvalue weighted by Gasteiger charge is -2.32. The van der Waals surface area contributed by atoms with E-state index in [1.807, 2.05) is 18.5 Å². The van der Waals surface area contributed by atoms with Crippen molar-refractivity contribution in [1.82, 2.24) is 14.5 Å². The van der Waals surface area contributed by atoms with Crippen LogP contribution in [0.1, 0.15) is 42.1 Å². The molecule has 208 valence electrons. The smallest absolute Gasteiger partial charge is 0.300 e. The first-order valence-corrected chi connectivity index (χ1v) is 13.4. The number of rotatable bonds is 8. The zero-order chi connectivity index (χ0) is 28.9. The van der Waals surface area contributed by atoms with E-state index in [1.54, 1.807) is 0 Å². The van der Waals surface area contributed by atoms with Gasteiger partial charge in [-0.05, 0) is 60.4 Å². The average molecular weight is 573 g/mol. The van der Waals surface area contributed by atoms with Crippen molar-refractivity contribution in [2.75, 3.05) is 19.0 Å². The van der Waals surface area contributed by atoms with E-state index in [0.29, 0.717) is 5.88 Å². The maximum absolute atomic E-state index is 9.00. The van der Waals surface area contributed by atoms with Gasteiger partial charge in [0, 0.05) is 44.4 Å². The summed E-state index contributed by atoms with van der Waals surface area (Å²) in [5.41, 5.74) is 7.24. The quantitative estimate of drug-likeness (QED) is 0.225. The predicted octanol–water partition coefficient (Wildman–Crippen LogP) is 6.82. The SMILES string of the molecule is CC(=O)O.CC(=O)O.Cc1cc2ncn(CCN(CCCl)C(c3ccccc3)c3ccc(Cl)cc3)c2cc1C. The minimum Gasteiger partial charge on any atom is -0.481 e. The highest BCUT2D eigenvalue weighted by Gasteiger charge is 2.22. The summed E-state index contributed by atoms with van der Waals surface area (Å²) in [5, 5.41) is 15.6. The molecule has 0 saturated carbocycles. The molecule has 7 nitrogen and oxygen atoms in total. The number of imidazole rings is 1. The molecule has 0 bridgehead atoms. The van der Waals surface area contributed by atoms with Gasteiger partial charge in [-0.15, -0.1) is 11.6 Å². The Bertz CT molecular complexity index is 1320. The average Bonchev–Trinajstić information content (AvgIpc) is 3.25. The number of aromatic nitrogens is 2. The van der Waals surface area contributed by atoms with E-state index >= 15 is 0 Å². The summed E-state index contributed by atoms with van der Waals surface area (Å²) >= 11 is 12.4. The highest BCUT2D eigenvalue weighted by molar-refractivity contribution is 6.30. The van der Waals surface area contributed by atoms with Gasteiger partial charge in [0.15, 0.2) is 0 Å². The monoisotopic (exact) mass is 571 g/mol. The third kappa shape index (κ3) is 10.4. The van der Waals surface area contributed by atoms with Gasteiger partial charge in [0.1, 0.15) is 0 Å². The number of fused-ring (bicyclic) bond motifs is 1. The molecule has 0 saturated heterocycles. The zero-order valence-corrected chi connectivity index (χ0v) is 24.2. The van der Waals surface area contributed by atoms with Gasteiger partial charge in [0.2, 0.25) is 0 Å². The second-order valence-corrected chi connectivity index (χ2v) is 9.81. The van der Waals surface area contributed by atoms with Gasteiger partial charge >= 0.3 is 0 Å². The molecule has 0 aliphatic rings. The lowest BCUT2D eigenvalue weighted by atomic mass is 9.97. The maximum atomic E-state index is 9.00. The van der Waals surface area contributed by atoms with Gasteiger partial charge in [-0.25, -0.2) is 4.98 Å². The zero-order valence-electron chi connectivity index (χ0n) is 22.6. The minimum atomic E-state index is -0.833. The molecule has 0 fully saturated rings. The van der Waals surface area contributed by atoms with Crippen LogP contribution in [0, 0.1) is 13.8 Å². The predicted molar refractivity (Wildman–Crippen MR) is 158 cm³/mol. The highest BCUT2D eigenvalue weighted by Crippen LogP contribution is 2.30. The molecule has 0 aliphatic heterocycles. The molecular weight excluding hydrogens is 537 g/mol. The number of aliphatic carboxylic acids is 2. The normalized spacial score (nSPS) is 11.3. The second-order valence-electron chi connectivity index (χ2n) is 8.99. The molecule has 9 heteroatoms. The Morgan fingerprint density at radius 2 is 1.44 bits per heavy atom. The summed E-state index contributed by atoms with van der Waals surface area (Å²) in [6.45, 7) is 8.93. The molecule has 3 aromatic carbocycles. The van der Waals surface area contributed by atoms with E-state index < -0.39 is 11.9 Å². The van der Waals surface area contributed by atoms with Crippen LogP contribution >= 0.6 is 23.2 Å². The van der Waals surface area contributed by atoms with Gasteiger partial charge in [-0.3, -0.25) is 14.5 Å². The van der Waals surface area contributed by atoms with E-state index in [9.17, 15) is 0 Å². The van der Waals surface area contributed by atoms with Crippen LogP contribution in [0.15, 0.2) is 73.1 Å². The van der Waals surface area contributed by atoms with Crippen molar-refractivity contribution in [3.8, 4) is 0 Å². The molecule has 0 radical (unpaired) electrons. The van der Waals surface area contributed by atoms with Gasteiger partial charge < -0.3 is 14.8 Å². The van der Waals surface area contributed by atoms with Crippen LogP contribution in [0.5, 0.6) is 0 Å². The molecule has 39 heavy (non-hydrogen) atoms. The van der Waals surface area contributed by atoms with Crippen molar-refractivity contribution in [2.45, 2.75) is 40.3 Å². The Morgan fingerprint density at radius 1 is 0.897 bits per heavy atom. The first kappa shape index (κ1) is 31.8. The van der Waals surface area contributed by atoms with Crippen LogP contribution < -0.4 is 0 Å². The fraction of sp³-hybridized carbons (Fsp3) is 0.300. The largest absolute Gasteiger partial charge is 0.481 e. The number of benzene rings is 3. The summed E-state index contributed by atoms with van der Waals surface area (Å²) in [6.07, 6.45) is 1.95. The molecule has 1 unspecified atom stereocenters. The van der Waals surface area contributed by atoms with Gasteiger partial charge in [-0.1, -0.05) is 54.1 Å². The molecule has 2 N–H and O–H groups in total. The lowest BCUT2D eigenvalue weighted by Crippen LogP contribution is -2.34. The summed E-state index contributed by atoms with van der Waals surface area (Å²) in [7, 11) is 0. The number of halogens is 2. The third-order valence-corrected chi connectivity index (χ3v) is 6.32. The summed E-state index contributed by atoms with van der Waals surface area (Å²) in [6, 6.07) is 23.2. The fourth-order valence-electron chi connectivity index (χ4n) is 4.10. The van der Waals surface area contributed by atoms with Crippen LogP contribution in [-0.4, -0.2) is 55.6 Å². The van der Waals surface area contributed by atoms with Crippen LogP contribution in [0.25, 0.3) is 11.0 Å². The molecule has 1 atom stereocenters. The molecule has 4 rings (SSSR count). The number of hydrogen-bond donors (Lipinski definition) is 2. The Hall–Kier alpha value is -3.39. The van der Waals surface area contributed by atoms with Gasteiger partial charge in [0.25, 0.3) is 11.9 Å². The van der Waals surface area contributed by atoms with Crippen molar-refractivity contribution in [3.05, 3.63) is 100 Å². The van der Waals surface area contributed by atoms with Crippen LogP contribution in [-0.2, 0) is 16.1 Å². The number of hydrogen-bond acceptors (Lipinski definition) is 4. The van der Waals surface area contributed by atoms with Crippen molar-refractivity contribution in [3.63, 3.8) is 0 Å². The van der Waals surface area contributed by atoms with Crippen molar-refractivity contribution in [1.29, 1.82) is 0 Å². The Morgan fingerprint density at radius 3 is 2.00 bits per heavy atom. The van der Waals surface area contributed by atoms with Crippen LogP contribution in [0.4, 0.5) is 0 Å². The fourth-order valence-corrected chi connectivity index (χ4v) is 4.44. The van der Waals surface area contributed by atoms with E-state index in [0.717, 1.165) is 44.0 Å². The molecule has 1 aromatic heterocycles. The number of aryl methyl sites for hydroxylation is 2. The molecule has 1 heterocycles. The van der Waals surface area contributed by atoms with Gasteiger partial charge in [-0.2, -0.15) is 0 Å². The third-order valence-electron chi connectivity index (χ3n) is 5.90. The summed E-state index contributed by atoms with van der Waals surface area (Å²) in [4.78, 5) is 25.1. The standard InChI is InChI=1S/C26H27Cl2N3.2C2H4O2/c1-19-16-24-25(17-20(19)2)31(18-29-24)15-14-30(13-12-27)26(21-6-4-3-5-7-21)22-8-10-23(28)11-9-22;2*1-2(3)4/h3-11,16-18,26H,12-15H2,1-2H3;2*1H3,(H,3,4). The van der Waals surface area contributed by atoms with Crippen LogP contribution in [0.3, 0.4) is 0 Å². The number of carboxylic acid groups (broad SMARTS) is 2. The van der Waals surface area contributed by atoms with Crippen molar-refractivity contribution < 1.29 is 19.8 Å². The highest BCUT2D eigenvalue weighted by atomic mass is 35.5. The topological polar surface area (TPSA) is 95.7 Å². The van der Waals surface area contributed by atoms with E-state index in [4.69, 9.17) is 43.0 Å². The number of alkyl halides is 1. The van der Waals surface area contributed by atoms with E-state index in [2.05, 4.69) is 82.9 Å². The summed E-state index contributed by atoms with van der Waals surface area (Å²) in [5.74, 6) is -1.10. The van der Waals surface area contributed by atoms with E-state index in [1.165, 1.54) is 27.8 Å². The molecule has 0 amide bonds. The maximum Gasteiger partial charge on any atom is 0.300 e. The summed E-state index contributed by atoms with van der Waals surface area (Å²) < 4.78 is 2.24. The van der Waals surface area contributed by atoms with E-state index in [-0.39, 0.29) is 6.04 Å². The Labute approximate surface area is 239 Å². The molecule has 0 aliphatic carbocycles. The first-order valence-electron chi connectivity index (χ1n) is 12.4. The second kappa shape index (κ2) is 15.9. The molecular formula is C30H35Cl2N3O4. The molecule has 4 aromatic rings. The van der Waals surface area contributed by atoms with Crippen molar-refractivity contribution in [2.24, 2.45) is 0 Å². The van der Waals surface area contributed by atoms with Crippen molar-refractivity contribution >= 4 is 46.2 Å². The number of carbonyl (C=O) groups is 2. The van der Waals surface area contributed by atoms with Crippen LogP contribution in [0.2, 0.25) is 5.02 Å². The Balaban J connectivity index is 0.000000590. The Kier molecular flexibility index (Phi) is 13.0. The molecule has 0 spiro atoms. The number of nitrogens with zero attached hydrogens (tertiary/aromatic N) is 3. The minimum absolute atomic E-state index is 0.107. The number of carboxylic acids is 2. The lowest BCUT2D eigenvalue weighted by molar-refractivity contribution is -0.135. The van der Waals surface area contributed by atoms with Gasteiger partial charge in [0.05, 0.1) is 23.4 Å².